The fraction of sp³-hybridized carbons (Fsp3) is 0.125. The number of hydrogen-bond acceptors (Lipinski definition) is 4. The van der Waals surface area contributed by atoms with Crippen LogP contribution in [0.5, 0.6) is 5.75 Å². The van der Waals surface area contributed by atoms with Crippen LogP contribution < -0.4 is 0 Å². The van der Waals surface area contributed by atoms with E-state index >= 15 is 0 Å². The Morgan fingerprint density at radius 3 is 2.47 bits per heavy atom. The minimum atomic E-state index is -4.06. The molecule has 80 valence electrons. The normalized spacial score (nSPS) is 11.0. The van der Waals surface area contributed by atoms with Crippen molar-refractivity contribution >= 4 is 31.3 Å². The third kappa shape index (κ3) is 2.53. The Labute approximate surface area is 96.1 Å². The maximum absolute atomic E-state index is 11.0. The first-order chi connectivity index (χ1) is 6.90. The van der Waals surface area contributed by atoms with Crippen LogP contribution >= 0.6 is 22.3 Å². The summed E-state index contributed by atoms with van der Waals surface area (Å²) >= 11 is 5.50. The lowest BCUT2D eigenvalue weighted by molar-refractivity contribution is 0.459. The van der Waals surface area contributed by atoms with Gasteiger partial charge in [-0.05, 0) is 17.7 Å². The molecule has 0 radical (unpaired) electrons. The number of benzene rings is 1. The van der Waals surface area contributed by atoms with E-state index in [2.05, 4.69) is 0 Å². The van der Waals surface area contributed by atoms with Crippen molar-refractivity contribution in [3.63, 3.8) is 0 Å². The molecule has 0 bridgehead atoms. The van der Waals surface area contributed by atoms with Crippen LogP contribution in [-0.4, -0.2) is 13.5 Å². The molecule has 0 aliphatic rings. The number of nitriles is 1. The maximum atomic E-state index is 11.0. The third-order valence-electron chi connectivity index (χ3n) is 1.71. The molecule has 0 spiro atoms. The Balaban J connectivity index is 3.55. The first kappa shape index (κ1) is 12.1. The van der Waals surface area contributed by atoms with Crippen molar-refractivity contribution in [3.8, 4) is 11.8 Å². The minimum Gasteiger partial charge on any atom is -0.507 e. The lowest BCUT2D eigenvalue weighted by Gasteiger charge is -2.04. The van der Waals surface area contributed by atoms with E-state index in [1.54, 1.807) is 6.07 Å². The van der Waals surface area contributed by atoms with Crippen LogP contribution in [0.25, 0.3) is 0 Å². The summed E-state index contributed by atoms with van der Waals surface area (Å²) in [5, 5.41) is 18.0. The number of phenolic OH excluding ortho intramolecular Hbond substituents is 1. The molecule has 1 aromatic carbocycles. The number of hydrogen-bond donors (Lipinski definition) is 1. The van der Waals surface area contributed by atoms with Gasteiger partial charge in [-0.15, -0.1) is 11.6 Å². The second kappa shape index (κ2) is 4.27. The summed E-state index contributed by atoms with van der Waals surface area (Å²) in [7, 11) is 0.995. The second-order valence-corrected chi connectivity index (χ2v) is 5.46. The molecule has 15 heavy (non-hydrogen) atoms. The highest BCUT2D eigenvalue weighted by atomic mass is 35.7. The van der Waals surface area contributed by atoms with Crippen LogP contribution in [0.3, 0.4) is 0 Å². The van der Waals surface area contributed by atoms with E-state index in [9.17, 15) is 13.5 Å². The molecule has 0 aromatic heterocycles. The zero-order valence-corrected chi connectivity index (χ0v) is 9.57. The quantitative estimate of drug-likeness (QED) is 0.655. The van der Waals surface area contributed by atoms with Gasteiger partial charge in [0.2, 0.25) is 0 Å². The van der Waals surface area contributed by atoms with Crippen LogP contribution in [-0.2, 0) is 14.9 Å². The molecule has 4 nitrogen and oxygen atoms in total. The standard InChI is InChI=1S/C8H5Cl2NO3S/c9-3-5-1-7(12)8(15(10,13)14)2-6(5)4-11/h1-2,12H,3H2. The summed E-state index contributed by atoms with van der Waals surface area (Å²) in [6, 6.07) is 3.87. The van der Waals surface area contributed by atoms with Gasteiger partial charge in [-0.3, -0.25) is 0 Å². The minimum absolute atomic E-state index is 0.000926. The van der Waals surface area contributed by atoms with Gasteiger partial charge in [0, 0.05) is 16.6 Å². The molecular weight excluding hydrogens is 261 g/mol. The van der Waals surface area contributed by atoms with Crippen LogP contribution in [0.4, 0.5) is 0 Å². The predicted octanol–water partition coefficient (Wildman–Crippen LogP) is 1.93. The molecule has 0 amide bonds. The van der Waals surface area contributed by atoms with Gasteiger partial charge in [0.15, 0.2) is 0 Å². The van der Waals surface area contributed by atoms with Gasteiger partial charge in [0.25, 0.3) is 9.05 Å². The summed E-state index contributed by atoms with van der Waals surface area (Å²) < 4.78 is 22.0. The number of alkyl halides is 1. The van der Waals surface area contributed by atoms with Gasteiger partial charge >= 0.3 is 0 Å². The molecule has 0 heterocycles. The molecule has 1 aromatic rings. The highest BCUT2D eigenvalue weighted by molar-refractivity contribution is 8.13. The lowest BCUT2D eigenvalue weighted by atomic mass is 10.1. The van der Waals surface area contributed by atoms with Crippen molar-refractivity contribution in [1.29, 1.82) is 5.26 Å². The summed E-state index contributed by atoms with van der Waals surface area (Å²) in [4.78, 5) is -0.491. The van der Waals surface area contributed by atoms with Crippen LogP contribution in [0, 0.1) is 11.3 Å². The predicted molar refractivity (Wildman–Crippen MR) is 55.4 cm³/mol. The molecule has 0 atom stereocenters. The summed E-state index contributed by atoms with van der Waals surface area (Å²) in [5.41, 5.74) is 0.419. The monoisotopic (exact) mass is 265 g/mol. The molecule has 0 aliphatic carbocycles. The molecule has 1 rings (SSSR count). The van der Waals surface area contributed by atoms with Gasteiger partial charge in [0.1, 0.15) is 10.6 Å². The first-order valence-corrected chi connectivity index (χ1v) is 6.51. The number of nitrogens with zero attached hydrogens (tertiary/aromatic N) is 1. The second-order valence-electron chi connectivity index (χ2n) is 2.66. The van der Waals surface area contributed by atoms with E-state index in [0.717, 1.165) is 12.1 Å². The molecule has 0 unspecified atom stereocenters. The Kier molecular flexibility index (Phi) is 3.45. The van der Waals surface area contributed by atoms with E-state index in [4.69, 9.17) is 27.5 Å². The van der Waals surface area contributed by atoms with E-state index in [1.807, 2.05) is 0 Å². The van der Waals surface area contributed by atoms with Crippen molar-refractivity contribution in [3.05, 3.63) is 23.3 Å². The number of rotatable bonds is 2. The maximum Gasteiger partial charge on any atom is 0.265 e. The Hall–Kier alpha value is -0.960. The number of halogens is 2. The smallest absolute Gasteiger partial charge is 0.265 e. The zero-order chi connectivity index (χ0) is 11.6. The van der Waals surface area contributed by atoms with E-state index in [0.29, 0.717) is 5.56 Å². The van der Waals surface area contributed by atoms with Gasteiger partial charge in [-0.2, -0.15) is 5.26 Å². The van der Waals surface area contributed by atoms with Crippen molar-refractivity contribution in [2.45, 2.75) is 10.8 Å². The Morgan fingerprint density at radius 2 is 2.07 bits per heavy atom. The van der Waals surface area contributed by atoms with Crippen LogP contribution in [0.15, 0.2) is 17.0 Å². The first-order valence-electron chi connectivity index (χ1n) is 3.66. The average molecular weight is 266 g/mol. The van der Waals surface area contributed by atoms with Gasteiger partial charge in [0.05, 0.1) is 11.6 Å². The fourth-order valence-corrected chi connectivity index (χ4v) is 2.18. The molecular formula is C8H5Cl2NO3S. The highest BCUT2D eigenvalue weighted by Crippen LogP contribution is 2.29. The molecule has 7 heteroatoms. The van der Waals surface area contributed by atoms with E-state index in [-0.39, 0.29) is 11.4 Å². The van der Waals surface area contributed by atoms with Gasteiger partial charge in [-0.25, -0.2) is 8.42 Å². The largest absolute Gasteiger partial charge is 0.507 e. The fourth-order valence-electron chi connectivity index (χ4n) is 1.02. The van der Waals surface area contributed by atoms with Crippen molar-refractivity contribution in [2.75, 3.05) is 0 Å². The van der Waals surface area contributed by atoms with E-state index < -0.39 is 19.7 Å². The van der Waals surface area contributed by atoms with Crippen molar-refractivity contribution in [1.82, 2.24) is 0 Å². The molecule has 0 aliphatic heterocycles. The van der Waals surface area contributed by atoms with Crippen LogP contribution in [0.2, 0.25) is 0 Å². The Bertz CT molecular complexity index is 534. The van der Waals surface area contributed by atoms with Gasteiger partial charge < -0.3 is 5.11 Å². The molecule has 0 saturated heterocycles. The zero-order valence-electron chi connectivity index (χ0n) is 7.24. The summed E-state index contributed by atoms with van der Waals surface area (Å²) in [5.74, 6) is -0.515. The Morgan fingerprint density at radius 1 is 1.47 bits per heavy atom. The third-order valence-corrected chi connectivity index (χ3v) is 3.35. The van der Waals surface area contributed by atoms with E-state index in [1.165, 1.54) is 0 Å². The lowest BCUT2D eigenvalue weighted by Crippen LogP contribution is -1.95. The number of aromatic hydroxyl groups is 1. The SMILES string of the molecule is N#Cc1cc(S(=O)(=O)Cl)c(O)cc1CCl. The summed E-state index contributed by atoms with van der Waals surface area (Å²) in [6.45, 7) is 0. The average Bonchev–Trinajstić information content (AvgIpc) is 2.15. The molecule has 0 saturated carbocycles. The number of phenols is 1. The molecule has 0 fully saturated rings. The van der Waals surface area contributed by atoms with Gasteiger partial charge in [-0.1, -0.05) is 0 Å². The summed E-state index contributed by atoms with van der Waals surface area (Å²) in [6.07, 6.45) is 0. The van der Waals surface area contributed by atoms with Crippen LogP contribution in [0.1, 0.15) is 11.1 Å². The topological polar surface area (TPSA) is 78.2 Å². The molecule has 1 N–H and O–H groups in total. The van der Waals surface area contributed by atoms with Crippen molar-refractivity contribution < 1.29 is 13.5 Å². The highest BCUT2D eigenvalue weighted by Gasteiger charge is 2.18. The van der Waals surface area contributed by atoms with Crippen molar-refractivity contribution in [2.24, 2.45) is 0 Å².